The Bertz CT molecular complexity index is 167. The monoisotopic (exact) mass is 203 g/mol. The fourth-order valence-corrected chi connectivity index (χ4v) is 1.47. The van der Waals surface area contributed by atoms with E-state index in [0.29, 0.717) is 12.6 Å². The molecule has 0 aliphatic carbocycles. The highest BCUT2D eigenvalue weighted by molar-refractivity contribution is 7.81. The van der Waals surface area contributed by atoms with E-state index in [9.17, 15) is 4.79 Å². The van der Waals surface area contributed by atoms with Gasteiger partial charge in [-0.2, -0.15) is 12.6 Å². The highest BCUT2D eigenvalue weighted by Gasteiger charge is 2.15. The zero-order valence-electron chi connectivity index (χ0n) is 7.95. The number of hydrogen-bond acceptors (Lipinski definition) is 3. The van der Waals surface area contributed by atoms with E-state index >= 15 is 0 Å². The van der Waals surface area contributed by atoms with Gasteiger partial charge < -0.3 is 10.1 Å². The molecule has 0 spiro atoms. The second-order valence-corrected chi connectivity index (χ2v) is 4.17. The Hall–Kier alpha value is -0.220. The average Bonchev–Trinajstić information content (AvgIpc) is 2.56. The molecule has 3 nitrogen and oxygen atoms in total. The Morgan fingerprint density at radius 1 is 1.77 bits per heavy atom. The first-order chi connectivity index (χ1) is 6.20. The van der Waals surface area contributed by atoms with Gasteiger partial charge in [0.15, 0.2) is 0 Å². The van der Waals surface area contributed by atoms with Crippen LogP contribution in [0.1, 0.15) is 26.2 Å². The van der Waals surface area contributed by atoms with E-state index < -0.39 is 0 Å². The Kier molecular flexibility index (Phi) is 4.59. The number of rotatable bonds is 4. The van der Waals surface area contributed by atoms with Crippen molar-refractivity contribution in [3.63, 3.8) is 0 Å². The Morgan fingerprint density at radius 2 is 2.54 bits per heavy atom. The van der Waals surface area contributed by atoms with E-state index in [2.05, 4.69) is 17.9 Å². The van der Waals surface area contributed by atoms with Gasteiger partial charge in [0.05, 0.1) is 11.4 Å². The Balaban J connectivity index is 2.03. The SMILES string of the molecule is CC(S)C(=O)NCCC1CCCO1. The number of ether oxygens (including phenoxy) is 1. The number of nitrogens with one attached hydrogen (secondary N) is 1. The van der Waals surface area contributed by atoms with Crippen LogP contribution in [-0.4, -0.2) is 30.4 Å². The first-order valence-corrected chi connectivity index (χ1v) is 5.29. The highest BCUT2D eigenvalue weighted by atomic mass is 32.1. The molecule has 0 radical (unpaired) electrons. The van der Waals surface area contributed by atoms with Gasteiger partial charge in [-0.25, -0.2) is 0 Å². The predicted octanol–water partition coefficient (Wildman–Crippen LogP) is 0.990. The topological polar surface area (TPSA) is 38.3 Å². The first kappa shape index (κ1) is 10.9. The van der Waals surface area contributed by atoms with Gasteiger partial charge in [0, 0.05) is 13.2 Å². The van der Waals surface area contributed by atoms with Crippen LogP contribution in [0.25, 0.3) is 0 Å². The molecule has 0 aromatic rings. The van der Waals surface area contributed by atoms with Gasteiger partial charge in [-0.05, 0) is 26.2 Å². The maximum Gasteiger partial charge on any atom is 0.232 e. The highest BCUT2D eigenvalue weighted by Crippen LogP contribution is 2.14. The van der Waals surface area contributed by atoms with Gasteiger partial charge in [0.25, 0.3) is 0 Å². The van der Waals surface area contributed by atoms with Crippen molar-refractivity contribution in [3.8, 4) is 0 Å². The Morgan fingerprint density at radius 3 is 3.08 bits per heavy atom. The van der Waals surface area contributed by atoms with Gasteiger partial charge >= 0.3 is 0 Å². The third-order valence-corrected chi connectivity index (χ3v) is 2.40. The molecule has 1 fully saturated rings. The summed E-state index contributed by atoms with van der Waals surface area (Å²) in [7, 11) is 0. The molecular formula is C9H17NO2S. The summed E-state index contributed by atoms with van der Waals surface area (Å²) in [6, 6.07) is 0. The largest absolute Gasteiger partial charge is 0.378 e. The van der Waals surface area contributed by atoms with E-state index in [1.54, 1.807) is 6.92 Å². The molecule has 1 aliphatic rings. The molecule has 0 saturated carbocycles. The van der Waals surface area contributed by atoms with Crippen LogP contribution < -0.4 is 5.32 Å². The van der Waals surface area contributed by atoms with Crippen molar-refractivity contribution < 1.29 is 9.53 Å². The van der Waals surface area contributed by atoms with Gasteiger partial charge in [-0.15, -0.1) is 0 Å². The lowest BCUT2D eigenvalue weighted by Gasteiger charge is -2.10. The number of carbonyl (C=O) groups excluding carboxylic acids is 1. The van der Waals surface area contributed by atoms with Crippen LogP contribution in [0, 0.1) is 0 Å². The van der Waals surface area contributed by atoms with E-state index in [1.807, 2.05) is 0 Å². The van der Waals surface area contributed by atoms with Crippen LogP contribution in [0.15, 0.2) is 0 Å². The fraction of sp³-hybridized carbons (Fsp3) is 0.889. The van der Waals surface area contributed by atoms with Gasteiger partial charge in [-0.1, -0.05) is 0 Å². The minimum Gasteiger partial charge on any atom is -0.378 e. The van der Waals surface area contributed by atoms with E-state index in [1.165, 1.54) is 0 Å². The molecule has 1 rings (SSSR count). The molecule has 1 N–H and O–H groups in total. The van der Waals surface area contributed by atoms with Crippen LogP contribution in [0.3, 0.4) is 0 Å². The number of amides is 1. The number of thiol groups is 1. The second kappa shape index (κ2) is 5.50. The summed E-state index contributed by atoms with van der Waals surface area (Å²) in [5, 5.41) is 2.60. The Labute approximate surface area is 84.6 Å². The molecule has 0 aromatic carbocycles. The number of carbonyl (C=O) groups is 1. The normalized spacial score (nSPS) is 24.3. The molecule has 4 heteroatoms. The standard InChI is InChI=1S/C9H17NO2S/c1-7(13)9(11)10-5-4-8-3-2-6-12-8/h7-8,13H,2-6H2,1H3,(H,10,11). The van der Waals surface area contributed by atoms with Crippen LogP contribution in [-0.2, 0) is 9.53 Å². The van der Waals surface area contributed by atoms with Crippen LogP contribution in [0.5, 0.6) is 0 Å². The molecular weight excluding hydrogens is 186 g/mol. The van der Waals surface area contributed by atoms with Gasteiger partial charge in [0.1, 0.15) is 0 Å². The van der Waals surface area contributed by atoms with Crippen LogP contribution in [0.4, 0.5) is 0 Å². The molecule has 1 amide bonds. The summed E-state index contributed by atoms with van der Waals surface area (Å²) in [6.07, 6.45) is 3.57. The summed E-state index contributed by atoms with van der Waals surface area (Å²) in [6.45, 7) is 3.35. The molecule has 1 aliphatic heterocycles. The predicted molar refractivity (Wildman–Crippen MR) is 55.0 cm³/mol. The molecule has 0 bridgehead atoms. The van der Waals surface area contributed by atoms with Crippen molar-refractivity contribution in [1.82, 2.24) is 5.32 Å². The van der Waals surface area contributed by atoms with Crippen molar-refractivity contribution in [2.75, 3.05) is 13.2 Å². The molecule has 2 atom stereocenters. The summed E-state index contributed by atoms with van der Waals surface area (Å²) in [5.41, 5.74) is 0. The summed E-state index contributed by atoms with van der Waals surface area (Å²) >= 11 is 4.03. The quantitative estimate of drug-likeness (QED) is 0.669. The van der Waals surface area contributed by atoms with Crippen molar-refractivity contribution in [3.05, 3.63) is 0 Å². The van der Waals surface area contributed by atoms with Crippen molar-refractivity contribution in [1.29, 1.82) is 0 Å². The minimum atomic E-state index is -0.218. The van der Waals surface area contributed by atoms with E-state index in [0.717, 1.165) is 25.9 Å². The second-order valence-electron chi connectivity index (χ2n) is 3.39. The zero-order chi connectivity index (χ0) is 9.68. The molecule has 13 heavy (non-hydrogen) atoms. The average molecular weight is 203 g/mol. The fourth-order valence-electron chi connectivity index (χ4n) is 1.38. The lowest BCUT2D eigenvalue weighted by Crippen LogP contribution is -2.32. The van der Waals surface area contributed by atoms with Crippen molar-refractivity contribution >= 4 is 18.5 Å². The molecule has 1 heterocycles. The lowest BCUT2D eigenvalue weighted by atomic mass is 10.2. The van der Waals surface area contributed by atoms with Gasteiger partial charge in [-0.3, -0.25) is 4.79 Å². The lowest BCUT2D eigenvalue weighted by molar-refractivity contribution is -0.120. The molecule has 76 valence electrons. The molecule has 2 unspecified atom stereocenters. The minimum absolute atomic E-state index is 0.00123. The molecule has 1 saturated heterocycles. The van der Waals surface area contributed by atoms with E-state index in [-0.39, 0.29) is 11.2 Å². The van der Waals surface area contributed by atoms with Crippen molar-refractivity contribution in [2.45, 2.75) is 37.5 Å². The van der Waals surface area contributed by atoms with E-state index in [4.69, 9.17) is 4.74 Å². The van der Waals surface area contributed by atoms with Gasteiger partial charge in [0.2, 0.25) is 5.91 Å². The van der Waals surface area contributed by atoms with Crippen LogP contribution in [0.2, 0.25) is 0 Å². The third-order valence-electron chi connectivity index (χ3n) is 2.17. The van der Waals surface area contributed by atoms with Crippen molar-refractivity contribution in [2.24, 2.45) is 0 Å². The third kappa shape index (κ3) is 4.00. The summed E-state index contributed by atoms with van der Waals surface area (Å²) in [4.78, 5) is 11.1. The first-order valence-electron chi connectivity index (χ1n) is 4.77. The smallest absolute Gasteiger partial charge is 0.232 e. The molecule has 0 aromatic heterocycles. The number of hydrogen-bond donors (Lipinski definition) is 2. The summed E-state index contributed by atoms with van der Waals surface area (Å²) in [5.74, 6) is 0.00123. The maximum atomic E-state index is 11.1. The maximum absolute atomic E-state index is 11.1. The zero-order valence-corrected chi connectivity index (χ0v) is 8.85. The van der Waals surface area contributed by atoms with Crippen LogP contribution >= 0.6 is 12.6 Å². The summed E-state index contributed by atoms with van der Waals surface area (Å²) < 4.78 is 5.42.